The standard InChI is InChI=1S/C11H15Cl2N3O2.C10H13Cl2N3O2/c1-11(2,3)18-10(17)15-6-5-7(12)16-9(13)8(6)14-4;1-10(2,3)17-9(16)14-5-4-6(11)15-8(12)7(5)13/h5,14H,1-4H3,(H,15,16,17);4H,13H2,1-3H3,(H,14,15,16). The van der Waals surface area contributed by atoms with Crippen LogP contribution in [0.3, 0.4) is 0 Å². The van der Waals surface area contributed by atoms with Gasteiger partial charge in [0.05, 0.1) is 22.7 Å². The zero-order chi connectivity index (χ0) is 27.1. The van der Waals surface area contributed by atoms with Gasteiger partial charge in [0.2, 0.25) is 0 Å². The second-order valence-electron chi connectivity index (χ2n) is 8.86. The van der Waals surface area contributed by atoms with Crippen LogP contribution in [0.1, 0.15) is 41.5 Å². The molecular formula is C21H28Cl4N6O4. The van der Waals surface area contributed by atoms with Crippen LogP contribution in [0.2, 0.25) is 20.6 Å². The van der Waals surface area contributed by atoms with Gasteiger partial charge in [-0.05, 0) is 41.5 Å². The van der Waals surface area contributed by atoms with Crippen LogP contribution in [0, 0.1) is 0 Å². The molecule has 0 saturated heterocycles. The van der Waals surface area contributed by atoms with Gasteiger partial charge in [0, 0.05) is 19.2 Å². The van der Waals surface area contributed by atoms with Gasteiger partial charge in [0.1, 0.15) is 21.5 Å². The van der Waals surface area contributed by atoms with Crippen molar-refractivity contribution in [2.45, 2.75) is 52.7 Å². The molecule has 0 aliphatic rings. The first-order chi connectivity index (χ1) is 15.9. The lowest BCUT2D eigenvalue weighted by Crippen LogP contribution is -2.27. The number of anilines is 4. The molecular weight excluding hydrogens is 542 g/mol. The summed E-state index contributed by atoms with van der Waals surface area (Å²) in [6.45, 7) is 10.6. The third kappa shape index (κ3) is 11.3. The maximum absolute atomic E-state index is 11.7. The summed E-state index contributed by atoms with van der Waals surface area (Å²) in [6, 6.07) is 2.88. The lowest BCUT2D eigenvalue weighted by Gasteiger charge is -2.20. The van der Waals surface area contributed by atoms with E-state index in [1.807, 2.05) is 0 Å². The van der Waals surface area contributed by atoms with E-state index in [1.165, 1.54) is 12.1 Å². The van der Waals surface area contributed by atoms with E-state index in [2.05, 4.69) is 25.9 Å². The first-order valence-corrected chi connectivity index (χ1v) is 11.6. The molecule has 2 aromatic heterocycles. The molecule has 5 N–H and O–H groups in total. The van der Waals surface area contributed by atoms with Crippen LogP contribution < -0.4 is 21.7 Å². The highest BCUT2D eigenvalue weighted by Crippen LogP contribution is 2.31. The molecule has 14 heteroatoms. The zero-order valence-electron chi connectivity index (χ0n) is 20.3. The summed E-state index contributed by atoms with van der Waals surface area (Å²) < 4.78 is 10.2. The van der Waals surface area contributed by atoms with Crippen LogP contribution >= 0.6 is 46.4 Å². The largest absolute Gasteiger partial charge is 0.444 e. The van der Waals surface area contributed by atoms with E-state index >= 15 is 0 Å². The molecule has 2 rings (SSSR count). The Labute approximate surface area is 224 Å². The van der Waals surface area contributed by atoms with Gasteiger partial charge in [-0.15, -0.1) is 0 Å². The number of hydrogen-bond acceptors (Lipinski definition) is 8. The Hall–Kier alpha value is -2.40. The first kappa shape index (κ1) is 30.6. The van der Waals surface area contributed by atoms with E-state index in [1.54, 1.807) is 48.6 Å². The summed E-state index contributed by atoms with van der Waals surface area (Å²) in [7, 11) is 1.66. The number of nitrogens with one attached hydrogen (secondary N) is 3. The van der Waals surface area contributed by atoms with Crippen molar-refractivity contribution in [2.24, 2.45) is 0 Å². The van der Waals surface area contributed by atoms with Crippen molar-refractivity contribution in [3.8, 4) is 0 Å². The van der Waals surface area contributed by atoms with Crippen molar-refractivity contribution in [1.29, 1.82) is 0 Å². The normalized spacial score (nSPS) is 11.1. The summed E-state index contributed by atoms with van der Waals surface area (Å²) in [4.78, 5) is 30.8. The molecule has 2 aromatic rings. The van der Waals surface area contributed by atoms with Gasteiger partial charge < -0.3 is 20.5 Å². The SMILES string of the molecule is CC(C)(C)OC(=O)Nc1cc(Cl)nc(Cl)c1N.CNc1c(NC(=O)OC(C)(C)C)cc(Cl)nc1Cl. The minimum absolute atomic E-state index is 0.0311. The van der Waals surface area contributed by atoms with Crippen molar-refractivity contribution in [2.75, 3.05) is 28.7 Å². The van der Waals surface area contributed by atoms with Gasteiger partial charge >= 0.3 is 12.2 Å². The van der Waals surface area contributed by atoms with Gasteiger partial charge in [0.15, 0.2) is 10.3 Å². The van der Waals surface area contributed by atoms with Gasteiger partial charge in [-0.1, -0.05) is 46.4 Å². The Bertz CT molecular complexity index is 1070. The Morgan fingerprint density at radius 3 is 1.63 bits per heavy atom. The average molecular weight is 570 g/mol. The van der Waals surface area contributed by atoms with E-state index in [-0.39, 0.29) is 32.0 Å². The van der Waals surface area contributed by atoms with Gasteiger partial charge in [-0.2, -0.15) is 0 Å². The quantitative estimate of drug-likeness (QED) is 0.287. The monoisotopic (exact) mass is 568 g/mol. The summed E-state index contributed by atoms with van der Waals surface area (Å²) in [5.41, 5.74) is 5.76. The molecule has 194 valence electrons. The van der Waals surface area contributed by atoms with Crippen molar-refractivity contribution >= 4 is 81.3 Å². The fourth-order valence-electron chi connectivity index (χ4n) is 2.25. The number of hydrogen-bond donors (Lipinski definition) is 4. The molecule has 0 unspecified atom stereocenters. The zero-order valence-corrected chi connectivity index (χ0v) is 23.3. The summed E-state index contributed by atoms with van der Waals surface area (Å²) in [5.74, 6) is 0. The summed E-state index contributed by atoms with van der Waals surface area (Å²) in [5, 5.41) is 8.38. The maximum Gasteiger partial charge on any atom is 0.412 e. The molecule has 2 amide bonds. The van der Waals surface area contributed by atoms with Crippen LogP contribution in [-0.2, 0) is 9.47 Å². The molecule has 0 bridgehead atoms. The van der Waals surface area contributed by atoms with Crippen molar-refractivity contribution < 1.29 is 19.1 Å². The van der Waals surface area contributed by atoms with Crippen LogP contribution in [0.5, 0.6) is 0 Å². The molecule has 0 fully saturated rings. The number of rotatable bonds is 3. The van der Waals surface area contributed by atoms with Crippen LogP contribution in [0.15, 0.2) is 12.1 Å². The number of ether oxygens (including phenoxy) is 2. The van der Waals surface area contributed by atoms with Crippen molar-refractivity contribution in [3.05, 3.63) is 32.7 Å². The number of pyridine rings is 2. The predicted octanol–water partition coefficient (Wildman–Crippen LogP) is 7.09. The number of carbonyl (C=O) groups excluding carboxylic acids is 2. The molecule has 0 radical (unpaired) electrons. The molecule has 0 aromatic carbocycles. The number of halogens is 4. The third-order valence-corrected chi connectivity index (χ3v) is 4.39. The van der Waals surface area contributed by atoms with Crippen LogP contribution in [0.4, 0.5) is 32.3 Å². The van der Waals surface area contributed by atoms with Crippen molar-refractivity contribution in [1.82, 2.24) is 9.97 Å². The van der Waals surface area contributed by atoms with Gasteiger partial charge in [-0.3, -0.25) is 10.6 Å². The predicted molar refractivity (Wildman–Crippen MR) is 142 cm³/mol. The van der Waals surface area contributed by atoms with Crippen LogP contribution in [0.25, 0.3) is 0 Å². The Kier molecular flexibility index (Phi) is 11.0. The molecule has 0 atom stereocenters. The fraction of sp³-hybridized carbons (Fsp3) is 0.429. The maximum atomic E-state index is 11.7. The lowest BCUT2D eigenvalue weighted by molar-refractivity contribution is 0.0624. The Morgan fingerprint density at radius 1 is 0.800 bits per heavy atom. The Morgan fingerprint density at radius 2 is 1.20 bits per heavy atom. The number of carbonyl (C=O) groups is 2. The number of aromatic nitrogens is 2. The minimum atomic E-state index is -0.637. The highest BCUT2D eigenvalue weighted by molar-refractivity contribution is 6.35. The minimum Gasteiger partial charge on any atom is -0.444 e. The van der Waals surface area contributed by atoms with E-state index < -0.39 is 23.4 Å². The van der Waals surface area contributed by atoms with E-state index in [0.29, 0.717) is 11.4 Å². The molecule has 0 aliphatic heterocycles. The molecule has 0 spiro atoms. The highest BCUT2D eigenvalue weighted by Gasteiger charge is 2.19. The van der Waals surface area contributed by atoms with Crippen molar-refractivity contribution in [3.63, 3.8) is 0 Å². The topological polar surface area (TPSA) is 140 Å². The number of amides is 2. The summed E-state index contributed by atoms with van der Waals surface area (Å²) >= 11 is 23.1. The van der Waals surface area contributed by atoms with Crippen LogP contribution in [-0.4, -0.2) is 40.4 Å². The fourth-order valence-corrected chi connectivity index (χ4v) is 3.20. The molecule has 2 heterocycles. The van der Waals surface area contributed by atoms with Gasteiger partial charge in [0.25, 0.3) is 0 Å². The summed E-state index contributed by atoms with van der Waals surface area (Å²) in [6.07, 6.45) is -1.22. The Balaban J connectivity index is 0.000000351. The van der Waals surface area contributed by atoms with E-state index in [4.69, 9.17) is 61.6 Å². The molecule has 35 heavy (non-hydrogen) atoms. The first-order valence-electron chi connectivity index (χ1n) is 10.1. The van der Waals surface area contributed by atoms with E-state index in [9.17, 15) is 9.59 Å². The van der Waals surface area contributed by atoms with Gasteiger partial charge in [-0.25, -0.2) is 19.6 Å². The third-order valence-electron chi connectivity index (χ3n) is 3.45. The number of nitrogen functional groups attached to an aromatic ring is 1. The number of nitrogens with two attached hydrogens (primary N) is 1. The number of nitrogens with zero attached hydrogens (tertiary/aromatic N) is 2. The lowest BCUT2D eigenvalue weighted by atomic mass is 10.2. The smallest absolute Gasteiger partial charge is 0.412 e. The molecule has 10 nitrogen and oxygen atoms in total. The second-order valence-corrected chi connectivity index (χ2v) is 10.3. The highest BCUT2D eigenvalue weighted by atomic mass is 35.5. The second kappa shape index (κ2) is 12.5. The molecule has 0 aliphatic carbocycles. The molecule has 0 saturated carbocycles. The average Bonchev–Trinajstić information content (AvgIpc) is 2.62. The van der Waals surface area contributed by atoms with E-state index in [0.717, 1.165) is 0 Å².